The van der Waals surface area contributed by atoms with Crippen LogP contribution in [0.25, 0.3) is 0 Å². The number of amides is 1. The maximum absolute atomic E-state index is 11.9. The van der Waals surface area contributed by atoms with Crippen LogP contribution in [0, 0.1) is 6.92 Å². The molecule has 4 nitrogen and oxygen atoms in total. The molecule has 0 spiro atoms. The first-order chi connectivity index (χ1) is 10.6. The molecule has 2 aromatic rings. The highest BCUT2D eigenvalue weighted by Gasteiger charge is 2.33. The zero-order chi connectivity index (χ0) is 15.7. The van der Waals surface area contributed by atoms with Gasteiger partial charge in [0, 0.05) is 30.5 Å². The summed E-state index contributed by atoms with van der Waals surface area (Å²) in [6, 6.07) is 13.3. The molecule has 0 saturated heterocycles. The van der Waals surface area contributed by atoms with Gasteiger partial charge in [0.1, 0.15) is 11.5 Å². The lowest BCUT2D eigenvalue weighted by Crippen LogP contribution is -2.23. The van der Waals surface area contributed by atoms with Crippen molar-refractivity contribution >= 4 is 5.91 Å². The number of rotatable bonds is 2. The summed E-state index contributed by atoms with van der Waals surface area (Å²) in [7, 11) is 1.60. The lowest BCUT2D eigenvalue weighted by molar-refractivity contribution is -0.121. The number of hydrogen-bond donors (Lipinski definition) is 2. The van der Waals surface area contributed by atoms with Gasteiger partial charge >= 0.3 is 0 Å². The van der Waals surface area contributed by atoms with Crippen LogP contribution in [0.4, 0.5) is 0 Å². The number of fused-ring (bicyclic) bond motifs is 2. The Labute approximate surface area is 129 Å². The Kier molecular flexibility index (Phi) is 3.86. The molecule has 114 valence electrons. The number of carbonyl (C=O) groups excluding carboxylic acids is 1. The predicted octanol–water partition coefficient (Wildman–Crippen LogP) is 3.05. The van der Waals surface area contributed by atoms with Gasteiger partial charge < -0.3 is 15.2 Å². The normalized spacial score (nSPS) is 19.4. The van der Waals surface area contributed by atoms with Crippen LogP contribution in [0.3, 0.4) is 0 Å². The van der Waals surface area contributed by atoms with Gasteiger partial charge in [-0.15, -0.1) is 0 Å². The van der Waals surface area contributed by atoms with Crippen molar-refractivity contribution in [2.75, 3.05) is 7.05 Å². The van der Waals surface area contributed by atoms with E-state index in [2.05, 4.69) is 5.32 Å². The molecular formula is C18H19NO3. The fourth-order valence-electron chi connectivity index (χ4n) is 2.95. The lowest BCUT2D eigenvalue weighted by atomic mass is 9.86. The maximum Gasteiger partial charge on any atom is 0.220 e. The Morgan fingerprint density at radius 3 is 2.68 bits per heavy atom. The van der Waals surface area contributed by atoms with Crippen LogP contribution in [0.15, 0.2) is 42.5 Å². The van der Waals surface area contributed by atoms with E-state index >= 15 is 0 Å². The number of ether oxygens (including phenoxy) is 1. The van der Waals surface area contributed by atoms with E-state index in [4.69, 9.17) is 4.74 Å². The molecule has 1 aliphatic rings. The summed E-state index contributed by atoms with van der Waals surface area (Å²) in [5.41, 5.74) is 2.55. The van der Waals surface area contributed by atoms with Crippen LogP contribution in [0.1, 0.15) is 35.1 Å². The van der Waals surface area contributed by atoms with E-state index in [1.807, 2.05) is 49.4 Å². The van der Waals surface area contributed by atoms with Gasteiger partial charge in [0.05, 0.1) is 6.10 Å². The molecule has 22 heavy (non-hydrogen) atoms. The van der Waals surface area contributed by atoms with E-state index in [0.717, 1.165) is 16.7 Å². The summed E-state index contributed by atoms with van der Waals surface area (Å²) in [5, 5.41) is 13.5. The van der Waals surface area contributed by atoms with Crippen molar-refractivity contribution < 1.29 is 14.6 Å². The molecule has 0 bridgehead atoms. The van der Waals surface area contributed by atoms with Gasteiger partial charge in [0.25, 0.3) is 0 Å². The van der Waals surface area contributed by atoms with Gasteiger partial charge in [-0.05, 0) is 18.6 Å². The number of nitrogens with one attached hydrogen (secondary N) is 1. The molecule has 0 saturated carbocycles. The molecule has 0 aliphatic carbocycles. The fourth-order valence-corrected chi connectivity index (χ4v) is 2.95. The standard InChI is InChI=1S/C18H19NO3/c1-11-6-5-8-13-17(21)14(10-16(20)19-2)12-7-3-4-9-15(12)22-18(11)13/h3-9,14,17,21H,10H2,1-2H3,(H,19,20). The third kappa shape index (κ3) is 2.46. The first-order valence-electron chi connectivity index (χ1n) is 7.36. The monoisotopic (exact) mass is 297 g/mol. The number of aryl methyl sites for hydroxylation is 1. The largest absolute Gasteiger partial charge is 0.456 e. The predicted molar refractivity (Wildman–Crippen MR) is 84.1 cm³/mol. The van der Waals surface area contributed by atoms with E-state index in [-0.39, 0.29) is 18.2 Å². The lowest BCUT2D eigenvalue weighted by Gasteiger charge is -2.21. The molecule has 2 atom stereocenters. The molecule has 2 unspecified atom stereocenters. The zero-order valence-corrected chi connectivity index (χ0v) is 12.7. The smallest absolute Gasteiger partial charge is 0.220 e. The van der Waals surface area contributed by atoms with Crippen molar-refractivity contribution in [1.29, 1.82) is 0 Å². The Morgan fingerprint density at radius 1 is 1.18 bits per heavy atom. The minimum atomic E-state index is -0.782. The summed E-state index contributed by atoms with van der Waals surface area (Å²) in [4.78, 5) is 11.9. The number of para-hydroxylation sites is 2. The molecule has 1 amide bonds. The molecule has 1 heterocycles. The average molecular weight is 297 g/mol. The minimum Gasteiger partial charge on any atom is -0.456 e. The Morgan fingerprint density at radius 2 is 1.91 bits per heavy atom. The SMILES string of the molecule is CNC(=O)CC1c2ccccc2Oc2c(C)cccc2C1O. The number of aliphatic hydroxyl groups is 1. The second-order valence-corrected chi connectivity index (χ2v) is 5.56. The Hall–Kier alpha value is -2.33. The number of hydrogen-bond acceptors (Lipinski definition) is 3. The molecule has 3 rings (SSSR count). The van der Waals surface area contributed by atoms with Gasteiger partial charge in [0.15, 0.2) is 0 Å². The van der Waals surface area contributed by atoms with Crippen LogP contribution in [0.2, 0.25) is 0 Å². The molecule has 0 fully saturated rings. The fraction of sp³-hybridized carbons (Fsp3) is 0.278. The molecule has 0 aromatic heterocycles. The van der Waals surface area contributed by atoms with Gasteiger partial charge in [0.2, 0.25) is 5.91 Å². The first-order valence-corrected chi connectivity index (χ1v) is 7.36. The van der Waals surface area contributed by atoms with Gasteiger partial charge in [-0.3, -0.25) is 4.79 Å². The van der Waals surface area contributed by atoms with Gasteiger partial charge in [-0.2, -0.15) is 0 Å². The summed E-state index contributed by atoms with van der Waals surface area (Å²) in [5.74, 6) is 0.944. The second kappa shape index (κ2) is 5.81. The number of carbonyl (C=O) groups is 1. The first kappa shape index (κ1) is 14.6. The third-order valence-electron chi connectivity index (χ3n) is 4.16. The second-order valence-electron chi connectivity index (χ2n) is 5.56. The third-order valence-corrected chi connectivity index (χ3v) is 4.16. The topological polar surface area (TPSA) is 58.6 Å². The average Bonchev–Trinajstić information content (AvgIpc) is 2.65. The van der Waals surface area contributed by atoms with Crippen LogP contribution in [-0.4, -0.2) is 18.1 Å². The van der Waals surface area contributed by atoms with E-state index in [9.17, 15) is 9.90 Å². The summed E-state index contributed by atoms with van der Waals surface area (Å²) < 4.78 is 6.06. The number of benzene rings is 2. The van der Waals surface area contributed by atoms with Crippen molar-refractivity contribution in [3.05, 3.63) is 59.2 Å². The highest BCUT2D eigenvalue weighted by Crippen LogP contribution is 2.47. The Balaban J connectivity index is 2.15. The molecule has 2 aromatic carbocycles. The van der Waals surface area contributed by atoms with Crippen LogP contribution in [0.5, 0.6) is 11.5 Å². The number of aliphatic hydroxyl groups excluding tert-OH is 1. The molecule has 1 aliphatic heterocycles. The maximum atomic E-state index is 11.9. The highest BCUT2D eigenvalue weighted by molar-refractivity contribution is 5.77. The summed E-state index contributed by atoms with van der Waals surface area (Å²) in [6.45, 7) is 1.95. The van der Waals surface area contributed by atoms with Crippen molar-refractivity contribution in [1.82, 2.24) is 5.32 Å². The molecule has 0 radical (unpaired) electrons. The Bertz CT molecular complexity index is 711. The van der Waals surface area contributed by atoms with Crippen molar-refractivity contribution in [2.45, 2.75) is 25.4 Å². The van der Waals surface area contributed by atoms with E-state index in [1.165, 1.54) is 0 Å². The van der Waals surface area contributed by atoms with Gasteiger partial charge in [-0.1, -0.05) is 36.4 Å². The van der Waals surface area contributed by atoms with Crippen LogP contribution in [-0.2, 0) is 4.79 Å². The molecular weight excluding hydrogens is 278 g/mol. The van der Waals surface area contributed by atoms with Crippen molar-refractivity contribution in [3.63, 3.8) is 0 Å². The summed E-state index contributed by atoms with van der Waals surface area (Å²) in [6.07, 6.45) is -0.568. The van der Waals surface area contributed by atoms with E-state index < -0.39 is 6.10 Å². The van der Waals surface area contributed by atoms with Gasteiger partial charge in [-0.25, -0.2) is 0 Å². The summed E-state index contributed by atoms with van der Waals surface area (Å²) >= 11 is 0. The molecule has 2 N–H and O–H groups in total. The quantitative estimate of drug-likeness (QED) is 0.895. The van der Waals surface area contributed by atoms with Crippen molar-refractivity contribution in [3.8, 4) is 11.5 Å². The van der Waals surface area contributed by atoms with Crippen LogP contribution >= 0.6 is 0 Å². The zero-order valence-electron chi connectivity index (χ0n) is 12.7. The van der Waals surface area contributed by atoms with Crippen LogP contribution < -0.4 is 10.1 Å². The van der Waals surface area contributed by atoms with Crippen molar-refractivity contribution in [2.24, 2.45) is 0 Å². The molecule has 4 heteroatoms. The van der Waals surface area contributed by atoms with E-state index in [0.29, 0.717) is 11.5 Å². The van der Waals surface area contributed by atoms with E-state index in [1.54, 1.807) is 7.05 Å². The highest BCUT2D eigenvalue weighted by atomic mass is 16.5. The minimum absolute atomic E-state index is 0.102.